The van der Waals surface area contributed by atoms with Gasteiger partial charge in [-0.25, -0.2) is 9.18 Å². The molecule has 2 amide bonds. The third-order valence-corrected chi connectivity index (χ3v) is 5.53. The highest BCUT2D eigenvalue weighted by Crippen LogP contribution is 2.23. The van der Waals surface area contributed by atoms with Crippen LogP contribution in [0.5, 0.6) is 5.75 Å². The van der Waals surface area contributed by atoms with Crippen LogP contribution in [0, 0.1) is 5.82 Å². The quantitative estimate of drug-likeness (QED) is 0.593. The molecule has 2 aromatic rings. The zero-order valence-electron chi connectivity index (χ0n) is 19.6. The fourth-order valence-electron chi connectivity index (χ4n) is 3.99. The lowest BCUT2D eigenvalue weighted by Gasteiger charge is -2.43. The largest absolute Gasteiger partial charge is 0.508 e. The molecule has 1 fully saturated rings. The van der Waals surface area contributed by atoms with Crippen LogP contribution in [-0.2, 0) is 22.5 Å². The summed E-state index contributed by atoms with van der Waals surface area (Å²) in [6, 6.07) is 10.6. The van der Waals surface area contributed by atoms with Gasteiger partial charge in [-0.1, -0.05) is 30.3 Å². The average Bonchev–Trinajstić information content (AvgIpc) is 2.73. The lowest BCUT2D eigenvalue weighted by molar-refractivity contribution is -0.148. The molecule has 0 unspecified atom stereocenters. The summed E-state index contributed by atoms with van der Waals surface area (Å²) in [7, 11) is 0. The van der Waals surface area contributed by atoms with Gasteiger partial charge in [0.2, 0.25) is 5.91 Å². The average molecular weight is 474 g/mol. The molecule has 2 aromatic carbocycles. The van der Waals surface area contributed by atoms with Crippen molar-refractivity contribution in [2.75, 3.05) is 13.1 Å². The summed E-state index contributed by atoms with van der Waals surface area (Å²) in [5.74, 6) is -1.37. The Morgan fingerprint density at radius 3 is 2.47 bits per heavy atom. The number of carbonyl (C=O) groups is 2. The molecule has 1 aliphatic rings. The predicted octanol–water partition coefficient (Wildman–Crippen LogP) is 2.41. The van der Waals surface area contributed by atoms with Crippen LogP contribution >= 0.6 is 0 Å². The van der Waals surface area contributed by atoms with Gasteiger partial charge in [-0.05, 0) is 50.5 Å². The van der Waals surface area contributed by atoms with Crippen molar-refractivity contribution in [3.8, 4) is 5.75 Å². The van der Waals surface area contributed by atoms with E-state index in [-0.39, 0.29) is 25.3 Å². The second kappa shape index (κ2) is 10.4. The number of ether oxygens (including phenoxy) is 1. The molecule has 184 valence electrons. The minimum absolute atomic E-state index is 0.0168. The molecule has 0 aliphatic carbocycles. The number of aromatic hydroxyl groups is 1. The maximum absolute atomic E-state index is 13.7. The molecular formula is C25H32FN3O5. The molecule has 1 aliphatic heterocycles. The standard InChI is InChI=1S/C25H32FN3O5/c1-25(2,3)34-24(33)29-10-9-28(15-16-7-5-4-6-8-16)23(32)21(29)22(31)20(27)13-17-11-18(26)14-19(30)12-17/h4-8,11-12,14,20-22,30-31H,9-10,13,15,27H2,1-3H3/t20-,21-,22-/m0/s1. The van der Waals surface area contributed by atoms with E-state index in [4.69, 9.17) is 10.5 Å². The first kappa shape index (κ1) is 25.5. The van der Waals surface area contributed by atoms with Crippen molar-refractivity contribution < 1.29 is 28.9 Å². The number of amides is 2. The van der Waals surface area contributed by atoms with E-state index in [1.54, 1.807) is 25.7 Å². The monoisotopic (exact) mass is 473 g/mol. The van der Waals surface area contributed by atoms with Crippen LogP contribution in [0.25, 0.3) is 0 Å². The Balaban J connectivity index is 1.84. The van der Waals surface area contributed by atoms with Crippen molar-refractivity contribution in [1.82, 2.24) is 9.80 Å². The lowest BCUT2D eigenvalue weighted by atomic mass is 9.94. The summed E-state index contributed by atoms with van der Waals surface area (Å²) in [6.07, 6.45) is -2.19. The number of hydrogen-bond donors (Lipinski definition) is 3. The van der Waals surface area contributed by atoms with Gasteiger partial charge in [0.15, 0.2) is 0 Å². The number of carbonyl (C=O) groups excluding carboxylic acids is 2. The van der Waals surface area contributed by atoms with Gasteiger partial charge in [-0.3, -0.25) is 9.69 Å². The third-order valence-electron chi connectivity index (χ3n) is 5.53. The number of nitrogens with two attached hydrogens (primary N) is 1. The van der Waals surface area contributed by atoms with E-state index < -0.39 is 41.6 Å². The fourth-order valence-corrected chi connectivity index (χ4v) is 3.99. The Hall–Kier alpha value is -3.17. The molecule has 1 heterocycles. The third kappa shape index (κ3) is 6.45. The Morgan fingerprint density at radius 1 is 1.18 bits per heavy atom. The van der Waals surface area contributed by atoms with Crippen LogP contribution in [0.2, 0.25) is 0 Å². The van der Waals surface area contributed by atoms with E-state index in [0.29, 0.717) is 12.1 Å². The van der Waals surface area contributed by atoms with Crippen molar-refractivity contribution in [2.45, 2.75) is 57.5 Å². The van der Waals surface area contributed by atoms with Gasteiger partial charge in [0.1, 0.15) is 23.2 Å². The van der Waals surface area contributed by atoms with Crippen molar-refractivity contribution in [1.29, 1.82) is 0 Å². The highest BCUT2D eigenvalue weighted by molar-refractivity contribution is 5.87. The smallest absolute Gasteiger partial charge is 0.411 e. The topological polar surface area (TPSA) is 116 Å². The molecule has 1 saturated heterocycles. The number of aliphatic hydroxyl groups is 1. The summed E-state index contributed by atoms with van der Waals surface area (Å²) in [6.45, 7) is 5.88. The summed E-state index contributed by atoms with van der Waals surface area (Å²) < 4.78 is 19.2. The van der Waals surface area contributed by atoms with Gasteiger partial charge < -0.3 is 25.6 Å². The number of phenolic OH excluding ortho intramolecular Hbond substituents is 1. The molecule has 0 aromatic heterocycles. The number of hydrogen-bond acceptors (Lipinski definition) is 6. The lowest BCUT2D eigenvalue weighted by Crippen LogP contribution is -2.65. The van der Waals surface area contributed by atoms with Crippen LogP contribution in [0.3, 0.4) is 0 Å². The van der Waals surface area contributed by atoms with Gasteiger partial charge in [-0.15, -0.1) is 0 Å². The van der Waals surface area contributed by atoms with E-state index in [9.17, 15) is 24.2 Å². The normalized spacial score (nSPS) is 18.5. The SMILES string of the molecule is CC(C)(C)OC(=O)N1CCN(Cc2ccccc2)C(=O)[C@@H]1[C@@H](O)[C@@H](N)Cc1cc(O)cc(F)c1. The maximum atomic E-state index is 13.7. The van der Waals surface area contributed by atoms with E-state index in [1.165, 1.54) is 17.0 Å². The molecule has 0 spiro atoms. The second-order valence-electron chi connectivity index (χ2n) is 9.54. The summed E-state index contributed by atoms with van der Waals surface area (Å²) >= 11 is 0. The van der Waals surface area contributed by atoms with E-state index in [1.807, 2.05) is 30.3 Å². The van der Waals surface area contributed by atoms with Gasteiger partial charge in [0.05, 0.1) is 6.10 Å². The predicted molar refractivity (Wildman–Crippen MR) is 124 cm³/mol. The minimum Gasteiger partial charge on any atom is -0.508 e. The van der Waals surface area contributed by atoms with Crippen molar-refractivity contribution >= 4 is 12.0 Å². The molecule has 3 atom stereocenters. The maximum Gasteiger partial charge on any atom is 0.411 e. The number of benzene rings is 2. The first-order chi connectivity index (χ1) is 15.9. The van der Waals surface area contributed by atoms with Crippen molar-refractivity contribution in [3.05, 3.63) is 65.5 Å². The highest BCUT2D eigenvalue weighted by Gasteiger charge is 2.45. The Kier molecular flexibility index (Phi) is 7.78. The zero-order valence-corrected chi connectivity index (χ0v) is 19.6. The van der Waals surface area contributed by atoms with Crippen LogP contribution < -0.4 is 5.73 Å². The number of halogens is 1. The molecule has 8 nitrogen and oxygen atoms in total. The van der Waals surface area contributed by atoms with Gasteiger partial charge in [-0.2, -0.15) is 0 Å². The molecule has 0 radical (unpaired) electrons. The second-order valence-corrected chi connectivity index (χ2v) is 9.54. The minimum atomic E-state index is -1.45. The van der Waals surface area contributed by atoms with Gasteiger partial charge in [0.25, 0.3) is 0 Å². The Bertz CT molecular complexity index is 991. The Labute approximate surface area is 198 Å². The molecular weight excluding hydrogens is 441 g/mol. The summed E-state index contributed by atoms with van der Waals surface area (Å²) in [5.41, 5.74) is 6.70. The van der Waals surface area contributed by atoms with Crippen molar-refractivity contribution in [2.24, 2.45) is 5.73 Å². The van der Waals surface area contributed by atoms with E-state index in [2.05, 4.69) is 0 Å². The molecule has 0 saturated carbocycles. The van der Waals surface area contributed by atoms with E-state index in [0.717, 1.165) is 11.6 Å². The van der Waals surface area contributed by atoms with Crippen LogP contribution in [0.15, 0.2) is 48.5 Å². The molecule has 0 bridgehead atoms. The van der Waals surface area contributed by atoms with Crippen LogP contribution in [-0.4, -0.2) is 68.9 Å². The fraction of sp³-hybridized carbons (Fsp3) is 0.440. The number of aliphatic hydroxyl groups excluding tert-OH is 1. The Morgan fingerprint density at radius 2 is 1.85 bits per heavy atom. The number of piperazine rings is 1. The summed E-state index contributed by atoms with van der Waals surface area (Å²) in [4.78, 5) is 29.2. The van der Waals surface area contributed by atoms with Gasteiger partial charge >= 0.3 is 6.09 Å². The van der Waals surface area contributed by atoms with Gasteiger partial charge in [0, 0.05) is 31.7 Å². The van der Waals surface area contributed by atoms with E-state index >= 15 is 0 Å². The first-order valence-corrected chi connectivity index (χ1v) is 11.2. The van der Waals surface area contributed by atoms with Crippen LogP contribution in [0.1, 0.15) is 31.9 Å². The van der Waals surface area contributed by atoms with Crippen LogP contribution in [0.4, 0.5) is 9.18 Å². The number of rotatable bonds is 6. The number of phenols is 1. The molecule has 4 N–H and O–H groups in total. The zero-order chi connectivity index (χ0) is 25.0. The molecule has 3 rings (SSSR count). The van der Waals surface area contributed by atoms with Crippen molar-refractivity contribution in [3.63, 3.8) is 0 Å². The molecule has 34 heavy (non-hydrogen) atoms. The summed E-state index contributed by atoms with van der Waals surface area (Å²) in [5, 5.41) is 20.8. The first-order valence-electron chi connectivity index (χ1n) is 11.2. The number of nitrogens with zero attached hydrogens (tertiary/aromatic N) is 2. The highest BCUT2D eigenvalue weighted by atomic mass is 19.1. The molecule has 9 heteroatoms.